The van der Waals surface area contributed by atoms with E-state index in [9.17, 15) is 14.7 Å². The zero-order valence-electron chi connectivity index (χ0n) is 13.6. The highest BCUT2D eigenvalue weighted by molar-refractivity contribution is 7.08. The van der Waals surface area contributed by atoms with E-state index in [0.717, 1.165) is 11.5 Å². The number of pyridine rings is 2. The minimum absolute atomic E-state index is 0.0347. The van der Waals surface area contributed by atoms with Gasteiger partial charge in [0.1, 0.15) is 17.7 Å². The van der Waals surface area contributed by atoms with Crippen molar-refractivity contribution in [2.75, 3.05) is 18.0 Å². The number of hydrogen-bond donors (Lipinski definition) is 3. The number of hydrogen-bond acceptors (Lipinski definition) is 9. The molecule has 1 fully saturated rings. The first-order valence-corrected chi connectivity index (χ1v) is 8.49. The number of fused-ring (bicyclic) bond motifs is 1. The van der Waals surface area contributed by atoms with Crippen LogP contribution in [-0.4, -0.2) is 54.3 Å². The van der Waals surface area contributed by atoms with Crippen molar-refractivity contribution in [2.24, 2.45) is 0 Å². The molecule has 0 radical (unpaired) electrons. The Balaban J connectivity index is 1.98. The molecule has 4 rings (SSSR count). The van der Waals surface area contributed by atoms with Crippen molar-refractivity contribution in [2.45, 2.75) is 13.0 Å². The van der Waals surface area contributed by atoms with Crippen LogP contribution >= 0.6 is 11.5 Å². The highest BCUT2D eigenvalue weighted by Gasteiger charge is 2.28. The second kappa shape index (κ2) is 6.12. The average molecular weight is 374 g/mol. The summed E-state index contributed by atoms with van der Waals surface area (Å²) < 4.78 is 5.42. The number of aromatic carboxylic acids is 1. The fourth-order valence-corrected chi connectivity index (χ4v) is 3.47. The van der Waals surface area contributed by atoms with Crippen LogP contribution in [0, 0.1) is 6.92 Å². The van der Waals surface area contributed by atoms with Crippen molar-refractivity contribution < 1.29 is 15.1 Å². The fraction of sp³-hybridized carbons (Fsp3) is 0.267. The van der Waals surface area contributed by atoms with Crippen LogP contribution in [0.2, 0.25) is 0 Å². The lowest BCUT2D eigenvalue weighted by molar-refractivity contribution is 0.0695. The summed E-state index contributed by atoms with van der Waals surface area (Å²) in [6.07, 6.45) is 2.59. The maximum Gasteiger partial charge on any atom is 0.341 e. The van der Waals surface area contributed by atoms with Gasteiger partial charge in [-0.05, 0) is 18.6 Å². The summed E-state index contributed by atoms with van der Waals surface area (Å²) in [6, 6.07) is 1.71. The molecule has 0 aliphatic carbocycles. The van der Waals surface area contributed by atoms with Crippen molar-refractivity contribution in [3.05, 3.63) is 39.9 Å². The topological polar surface area (TPSA) is 133 Å². The van der Waals surface area contributed by atoms with E-state index in [1.54, 1.807) is 13.0 Å². The maximum atomic E-state index is 12.7. The summed E-state index contributed by atoms with van der Waals surface area (Å²) in [7, 11) is 0. The van der Waals surface area contributed by atoms with Gasteiger partial charge in [0.05, 0.1) is 11.4 Å². The monoisotopic (exact) mass is 374 g/mol. The summed E-state index contributed by atoms with van der Waals surface area (Å²) in [5, 5.41) is 19.0. The van der Waals surface area contributed by atoms with Gasteiger partial charge >= 0.3 is 5.97 Å². The van der Waals surface area contributed by atoms with E-state index in [1.165, 1.54) is 17.1 Å². The standard InChI is InChI=1S/C15H14N6O4S/c1-7-2-10(20-3-8(4-20)19-25)18-13-11(7)12(22)9(14(23)24)5-21(13)15-16-6-17-26-15/h2,5-6,8,19,25H,3-4H2,1H3,(H,23,24). The molecule has 10 nitrogen and oxygen atoms in total. The summed E-state index contributed by atoms with van der Waals surface area (Å²) in [6.45, 7) is 2.89. The zero-order chi connectivity index (χ0) is 18.4. The van der Waals surface area contributed by atoms with Crippen molar-refractivity contribution in [3.63, 3.8) is 0 Å². The molecule has 4 heterocycles. The molecular weight excluding hydrogens is 360 g/mol. The van der Waals surface area contributed by atoms with Crippen LogP contribution in [-0.2, 0) is 0 Å². The van der Waals surface area contributed by atoms with Gasteiger partial charge in [-0.3, -0.25) is 9.36 Å². The molecule has 0 unspecified atom stereocenters. The third-order valence-electron chi connectivity index (χ3n) is 4.32. The molecule has 11 heteroatoms. The first-order valence-electron chi connectivity index (χ1n) is 7.71. The van der Waals surface area contributed by atoms with Gasteiger partial charge in [-0.1, -0.05) is 0 Å². The van der Waals surface area contributed by atoms with Gasteiger partial charge < -0.3 is 15.2 Å². The second-order valence-corrected chi connectivity index (χ2v) is 6.76. The van der Waals surface area contributed by atoms with E-state index in [1.807, 2.05) is 4.90 Å². The molecule has 134 valence electrons. The van der Waals surface area contributed by atoms with Crippen molar-refractivity contribution >= 4 is 34.4 Å². The van der Waals surface area contributed by atoms with E-state index >= 15 is 0 Å². The van der Waals surface area contributed by atoms with E-state index in [0.29, 0.717) is 35.2 Å². The Labute approximate surface area is 150 Å². The number of nitrogens with zero attached hydrogens (tertiary/aromatic N) is 5. The molecule has 1 aliphatic heterocycles. The Kier molecular flexibility index (Phi) is 3.90. The first kappa shape index (κ1) is 16.6. The van der Waals surface area contributed by atoms with Gasteiger partial charge in [0, 0.05) is 30.8 Å². The van der Waals surface area contributed by atoms with Gasteiger partial charge in [-0.2, -0.15) is 9.85 Å². The average Bonchev–Trinajstić information content (AvgIpc) is 3.07. The Morgan fingerprint density at radius 3 is 2.81 bits per heavy atom. The molecule has 0 atom stereocenters. The number of carboxylic acid groups (broad SMARTS) is 1. The Hall–Kier alpha value is -2.89. The second-order valence-electron chi connectivity index (χ2n) is 6.00. The number of anilines is 1. The molecule has 3 aromatic heterocycles. The number of nitrogens with one attached hydrogen (secondary N) is 1. The number of carbonyl (C=O) groups is 1. The number of aromatic nitrogens is 4. The molecule has 0 saturated carbocycles. The molecule has 0 bridgehead atoms. The molecule has 0 spiro atoms. The minimum atomic E-state index is -1.31. The SMILES string of the molecule is Cc1cc(N2CC(NO)C2)nc2c1c(=O)c(C(=O)O)cn2-c1ncns1. The van der Waals surface area contributed by atoms with Crippen molar-refractivity contribution in [3.8, 4) is 5.13 Å². The zero-order valence-corrected chi connectivity index (χ0v) is 14.4. The predicted molar refractivity (Wildman–Crippen MR) is 93.4 cm³/mol. The Morgan fingerprint density at radius 2 is 2.19 bits per heavy atom. The lowest BCUT2D eigenvalue weighted by atomic mass is 10.1. The predicted octanol–water partition coefficient (Wildman–Crippen LogP) is 0.411. The van der Waals surface area contributed by atoms with E-state index in [-0.39, 0.29) is 17.0 Å². The summed E-state index contributed by atoms with van der Waals surface area (Å²) in [4.78, 5) is 34.8. The molecule has 3 N–H and O–H groups in total. The third-order valence-corrected chi connectivity index (χ3v) is 4.98. The number of hydroxylamine groups is 1. The Morgan fingerprint density at radius 1 is 1.42 bits per heavy atom. The highest BCUT2D eigenvalue weighted by Crippen LogP contribution is 2.26. The van der Waals surface area contributed by atoms with Crippen LogP contribution in [0.1, 0.15) is 15.9 Å². The molecule has 26 heavy (non-hydrogen) atoms. The molecule has 1 aliphatic rings. The lowest BCUT2D eigenvalue weighted by Crippen LogP contribution is -2.57. The molecule has 3 aromatic rings. The fourth-order valence-electron chi connectivity index (χ4n) is 2.96. The van der Waals surface area contributed by atoms with Gasteiger partial charge in [0.2, 0.25) is 10.6 Å². The minimum Gasteiger partial charge on any atom is -0.477 e. The van der Waals surface area contributed by atoms with Crippen molar-refractivity contribution in [1.29, 1.82) is 0 Å². The maximum absolute atomic E-state index is 12.7. The van der Waals surface area contributed by atoms with Crippen LogP contribution in [0.15, 0.2) is 23.4 Å². The van der Waals surface area contributed by atoms with Crippen LogP contribution < -0.4 is 15.8 Å². The van der Waals surface area contributed by atoms with E-state index in [2.05, 4.69) is 19.8 Å². The smallest absolute Gasteiger partial charge is 0.341 e. The molecule has 1 saturated heterocycles. The first-order chi connectivity index (χ1) is 12.5. The van der Waals surface area contributed by atoms with Crippen molar-refractivity contribution in [1.82, 2.24) is 24.4 Å². The number of aryl methyl sites for hydroxylation is 1. The molecular formula is C15H14N6O4S. The van der Waals surface area contributed by atoms with Crippen LogP contribution in [0.4, 0.5) is 5.82 Å². The van der Waals surface area contributed by atoms with Crippen LogP contribution in [0.5, 0.6) is 0 Å². The quantitative estimate of drug-likeness (QED) is 0.555. The summed E-state index contributed by atoms with van der Waals surface area (Å²) >= 11 is 1.07. The molecule has 0 amide bonds. The lowest BCUT2D eigenvalue weighted by Gasteiger charge is -2.39. The van der Waals surface area contributed by atoms with Gasteiger partial charge in [-0.25, -0.2) is 14.8 Å². The van der Waals surface area contributed by atoms with E-state index < -0.39 is 11.4 Å². The van der Waals surface area contributed by atoms with Gasteiger partial charge in [0.15, 0.2) is 5.65 Å². The summed E-state index contributed by atoms with van der Waals surface area (Å²) in [5.41, 5.74) is 2.23. The molecule has 0 aromatic carbocycles. The number of rotatable bonds is 4. The highest BCUT2D eigenvalue weighted by atomic mass is 32.1. The third kappa shape index (κ3) is 2.53. The van der Waals surface area contributed by atoms with Crippen LogP contribution in [0.3, 0.4) is 0 Å². The largest absolute Gasteiger partial charge is 0.477 e. The summed E-state index contributed by atoms with van der Waals surface area (Å²) in [5.74, 6) is -0.666. The van der Waals surface area contributed by atoms with Gasteiger partial charge in [-0.15, -0.1) is 0 Å². The van der Waals surface area contributed by atoms with Crippen LogP contribution in [0.25, 0.3) is 16.2 Å². The normalized spacial score (nSPS) is 14.6. The number of carboxylic acids is 1. The van der Waals surface area contributed by atoms with E-state index in [4.69, 9.17) is 5.21 Å². The van der Waals surface area contributed by atoms with Gasteiger partial charge in [0.25, 0.3) is 0 Å². The Bertz CT molecular complexity index is 1060.